The van der Waals surface area contributed by atoms with Crippen molar-refractivity contribution in [1.29, 1.82) is 0 Å². The molecule has 112 valence electrons. The highest BCUT2D eigenvalue weighted by molar-refractivity contribution is 5.25. The second kappa shape index (κ2) is 7.21. The first-order chi connectivity index (χ1) is 9.70. The summed E-state index contributed by atoms with van der Waals surface area (Å²) < 4.78 is 5.22. The second-order valence-electron chi connectivity index (χ2n) is 5.92. The molecule has 2 unspecified atom stereocenters. The first-order valence-electron chi connectivity index (χ1n) is 7.73. The van der Waals surface area contributed by atoms with Crippen molar-refractivity contribution in [3.05, 3.63) is 35.9 Å². The average Bonchev–Trinajstić information content (AvgIpc) is 2.50. The second-order valence-corrected chi connectivity index (χ2v) is 5.92. The molecule has 1 aromatic rings. The molecule has 1 fully saturated rings. The highest BCUT2D eigenvalue weighted by atomic mass is 16.5. The van der Waals surface area contributed by atoms with E-state index in [1.165, 1.54) is 12.0 Å². The maximum absolute atomic E-state index is 5.22. The van der Waals surface area contributed by atoms with Gasteiger partial charge in [0.15, 0.2) is 0 Å². The van der Waals surface area contributed by atoms with Crippen LogP contribution in [0, 0.1) is 0 Å². The largest absolute Gasteiger partial charge is 0.385 e. The molecule has 2 atom stereocenters. The zero-order valence-electron chi connectivity index (χ0n) is 13.1. The third-order valence-electron chi connectivity index (χ3n) is 4.54. The van der Waals surface area contributed by atoms with Crippen LogP contribution in [0.5, 0.6) is 0 Å². The molecule has 1 aromatic carbocycles. The molecule has 3 nitrogen and oxygen atoms in total. The van der Waals surface area contributed by atoms with E-state index in [1.54, 1.807) is 7.11 Å². The Balaban J connectivity index is 2.15. The predicted octanol–water partition coefficient (Wildman–Crippen LogP) is 2.62. The van der Waals surface area contributed by atoms with Gasteiger partial charge < -0.3 is 10.1 Å². The van der Waals surface area contributed by atoms with E-state index in [4.69, 9.17) is 4.74 Å². The van der Waals surface area contributed by atoms with Gasteiger partial charge in [0.2, 0.25) is 0 Å². The van der Waals surface area contributed by atoms with Gasteiger partial charge in [-0.05, 0) is 25.3 Å². The van der Waals surface area contributed by atoms with Crippen molar-refractivity contribution < 1.29 is 4.74 Å². The third-order valence-corrected chi connectivity index (χ3v) is 4.54. The van der Waals surface area contributed by atoms with Gasteiger partial charge in [-0.3, -0.25) is 4.90 Å². The number of benzene rings is 1. The van der Waals surface area contributed by atoms with Crippen LogP contribution in [-0.2, 0) is 10.3 Å². The Bertz CT molecular complexity index is 395. The number of ether oxygens (including phenoxy) is 1. The van der Waals surface area contributed by atoms with Crippen molar-refractivity contribution in [2.24, 2.45) is 0 Å². The van der Waals surface area contributed by atoms with Crippen LogP contribution >= 0.6 is 0 Å². The van der Waals surface area contributed by atoms with Gasteiger partial charge in [-0.15, -0.1) is 0 Å². The minimum Gasteiger partial charge on any atom is -0.385 e. The van der Waals surface area contributed by atoms with Crippen molar-refractivity contribution in [1.82, 2.24) is 10.2 Å². The first kappa shape index (κ1) is 15.5. The molecule has 2 rings (SSSR count). The van der Waals surface area contributed by atoms with Gasteiger partial charge in [0.1, 0.15) is 0 Å². The van der Waals surface area contributed by atoms with Gasteiger partial charge in [-0.1, -0.05) is 37.3 Å². The Kier molecular flexibility index (Phi) is 5.58. The van der Waals surface area contributed by atoms with Crippen molar-refractivity contribution in [2.45, 2.75) is 38.3 Å². The topological polar surface area (TPSA) is 24.5 Å². The van der Waals surface area contributed by atoms with E-state index in [0.29, 0.717) is 6.04 Å². The SMILES string of the molecule is CCC1CN(CCCOC)C(C)(c2ccccc2)CN1. The lowest BCUT2D eigenvalue weighted by Gasteiger charge is -2.48. The summed E-state index contributed by atoms with van der Waals surface area (Å²) in [6, 6.07) is 11.5. The van der Waals surface area contributed by atoms with Crippen molar-refractivity contribution in [3.63, 3.8) is 0 Å². The molecule has 1 heterocycles. The Morgan fingerprint density at radius 3 is 2.75 bits per heavy atom. The van der Waals surface area contributed by atoms with E-state index in [0.717, 1.165) is 32.7 Å². The smallest absolute Gasteiger partial charge is 0.0558 e. The summed E-state index contributed by atoms with van der Waals surface area (Å²) in [6.07, 6.45) is 2.28. The summed E-state index contributed by atoms with van der Waals surface area (Å²) in [5.41, 5.74) is 1.49. The Morgan fingerprint density at radius 2 is 2.10 bits per heavy atom. The average molecular weight is 276 g/mol. The molecule has 3 heteroatoms. The summed E-state index contributed by atoms with van der Waals surface area (Å²) >= 11 is 0. The minimum atomic E-state index is 0.0840. The molecule has 1 aliphatic heterocycles. The summed E-state index contributed by atoms with van der Waals surface area (Å²) in [7, 11) is 1.78. The lowest BCUT2D eigenvalue weighted by Crippen LogP contribution is -2.61. The Morgan fingerprint density at radius 1 is 1.35 bits per heavy atom. The highest BCUT2D eigenvalue weighted by Gasteiger charge is 2.38. The monoisotopic (exact) mass is 276 g/mol. The van der Waals surface area contributed by atoms with Crippen LogP contribution in [0.3, 0.4) is 0 Å². The molecular formula is C17H28N2O. The summed E-state index contributed by atoms with van der Waals surface area (Å²) in [4.78, 5) is 2.63. The molecule has 20 heavy (non-hydrogen) atoms. The van der Waals surface area contributed by atoms with Gasteiger partial charge >= 0.3 is 0 Å². The lowest BCUT2D eigenvalue weighted by atomic mass is 9.86. The normalized spacial score (nSPS) is 27.6. The summed E-state index contributed by atoms with van der Waals surface area (Å²) in [5.74, 6) is 0. The van der Waals surface area contributed by atoms with Gasteiger partial charge in [0.25, 0.3) is 0 Å². The first-order valence-corrected chi connectivity index (χ1v) is 7.73. The molecule has 0 bridgehead atoms. The molecule has 0 aromatic heterocycles. The van der Waals surface area contributed by atoms with E-state index < -0.39 is 0 Å². The van der Waals surface area contributed by atoms with Gasteiger partial charge in [0, 0.05) is 39.4 Å². The maximum atomic E-state index is 5.22. The third kappa shape index (κ3) is 3.40. The minimum absolute atomic E-state index is 0.0840. The van der Waals surface area contributed by atoms with Gasteiger partial charge in [-0.2, -0.15) is 0 Å². The van der Waals surface area contributed by atoms with E-state index in [9.17, 15) is 0 Å². The lowest BCUT2D eigenvalue weighted by molar-refractivity contribution is 0.0404. The molecule has 0 radical (unpaired) electrons. The quantitative estimate of drug-likeness (QED) is 0.808. The summed E-state index contributed by atoms with van der Waals surface area (Å²) in [6.45, 7) is 8.68. The van der Waals surface area contributed by atoms with E-state index in [1.807, 2.05) is 0 Å². The Labute approximate surface area is 123 Å². The fourth-order valence-electron chi connectivity index (χ4n) is 3.08. The van der Waals surface area contributed by atoms with E-state index >= 15 is 0 Å². The molecule has 0 saturated carbocycles. The zero-order chi connectivity index (χ0) is 14.4. The van der Waals surface area contributed by atoms with Crippen LogP contribution in [0.4, 0.5) is 0 Å². The zero-order valence-corrected chi connectivity index (χ0v) is 13.1. The Hall–Kier alpha value is -0.900. The van der Waals surface area contributed by atoms with Crippen LogP contribution < -0.4 is 5.32 Å². The molecular weight excluding hydrogens is 248 g/mol. The van der Waals surface area contributed by atoms with Crippen LogP contribution in [0.2, 0.25) is 0 Å². The van der Waals surface area contributed by atoms with E-state index in [-0.39, 0.29) is 5.54 Å². The number of methoxy groups -OCH3 is 1. The molecule has 1 N–H and O–H groups in total. The highest BCUT2D eigenvalue weighted by Crippen LogP contribution is 2.31. The fraction of sp³-hybridized carbons (Fsp3) is 0.647. The van der Waals surface area contributed by atoms with Gasteiger partial charge in [-0.25, -0.2) is 0 Å². The molecule has 0 aliphatic carbocycles. The summed E-state index contributed by atoms with van der Waals surface area (Å²) in [5, 5.41) is 3.71. The molecule has 1 saturated heterocycles. The number of nitrogens with zero attached hydrogens (tertiary/aromatic N) is 1. The molecule has 0 amide bonds. The predicted molar refractivity (Wildman–Crippen MR) is 83.9 cm³/mol. The maximum Gasteiger partial charge on any atom is 0.0558 e. The van der Waals surface area contributed by atoms with Crippen molar-refractivity contribution in [2.75, 3.05) is 33.4 Å². The number of hydrogen-bond donors (Lipinski definition) is 1. The van der Waals surface area contributed by atoms with Crippen LogP contribution in [0.25, 0.3) is 0 Å². The van der Waals surface area contributed by atoms with Crippen LogP contribution in [0.15, 0.2) is 30.3 Å². The standard InChI is InChI=1S/C17H28N2O/c1-4-16-13-19(11-8-12-20-3)17(2,14-18-16)15-9-6-5-7-10-15/h5-7,9-10,16,18H,4,8,11-14H2,1-3H3. The fourth-order valence-corrected chi connectivity index (χ4v) is 3.08. The number of rotatable bonds is 6. The van der Waals surface area contributed by atoms with Crippen LogP contribution in [0.1, 0.15) is 32.3 Å². The molecule has 1 aliphatic rings. The number of hydrogen-bond acceptors (Lipinski definition) is 3. The van der Waals surface area contributed by atoms with Crippen molar-refractivity contribution >= 4 is 0 Å². The van der Waals surface area contributed by atoms with E-state index in [2.05, 4.69) is 54.4 Å². The molecule has 0 spiro atoms. The van der Waals surface area contributed by atoms with Gasteiger partial charge in [0.05, 0.1) is 5.54 Å². The van der Waals surface area contributed by atoms with Crippen molar-refractivity contribution in [3.8, 4) is 0 Å². The number of nitrogens with one attached hydrogen (secondary N) is 1. The number of piperazine rings is 1. The van der Waals surface area contributed by atoms with Crippen LogP contribution in [-0.4, -0.2) is 44.3 Å².